The lowest BCUT2D eigenvalue weighted by molar-refractivity contribution is 0.102. The summed E-state index contributed by atoms with van der Waals surface area (Å²) in [5.41, 5.74) is 0.973. The number of hydrogen-bond donors (Lipinski definition) is 1. The molecule has 2 aromatic carbocycles. The van der Waals surface area contributed by atoms with Gasteiger partial charge in [-0.05, 0) is 35.7 Å². The molecule has 1 amide bonds. The van der Waals surface area contributed by atoms with E-state index in [4.69, 9.17) is 0 Å². The molecule has 0 fully saturated rings. The third-order valence-electron chi connectivity index (χ3n) is 3.12. The molecule has 0 aliphatic rings. The molecular formula is C16H14F3NO. The Morgan fingerprint density at radius 2 is 1.57 bits per heavy atom. The fourth-order valence-corrected chi connectivity index (χ4v) is 1.84. The number of carbonyl (C=O) groups excluding carboxylic acids is 1. The van der Waals surface area contributed by atoms with Gasteiger partial charge in [0.05, 0.1) is 5.69 Å². The molecule has 0 spiro atoms. The number of hydrogen-bond acceptors (Lipinski definition) is 1. The zero-order valence-electron chi connectivity index (χ0n) is 11.6. The number of benzene rings is 2. The monoisotopic (exact) mass is 293 g/mol. The predicted molar refractivity (Wildman–Crippen MR) is 74.8 cm³/mol. The molecule has 0 saturated carbocycles. The fraction of sp³-hybridized carbons (Fsp3) is 0.188. The van der Waals surface area contributed by atoms with E-state index in [2.05, 4.69) is 5.32 Å². The van der Waals surface area contributed by atoms with Gasteiger partial charge in [-0.15, -0.1) is 0 Å². The van der Waals surface area contributed by atoms with Crippen molar-refractivity contribution in [3.8, 4) is 0 Å². The predicted octanol–water partition coefficient (Wildman–Crippen LogP) is 4.48. The first kappa shape index (κ1) is 15.1. The molecule has 0 saturated heterocycles. The molecule has 0 aliphatic heterocycles. The lowest BCUT2D eigenvalue weighted by Gasteiger charge is -2.09. The SMILES string of the molecule is CC(C)c1ccc(C(=O)Nc2ccc(F)c(F)c2F)cc1. The second-order valence-electron chi connectivity index (χ2n) is 4.95. The lowest BCUT2D eigenvalue weighted by atomic mass is 10.0. The van der Waals surface area contributed by atoms with Crippen LogP contribution in [-0.4, -0.2) is 5.91 Å². The van der Waals surface area contributed by atoms with Crippen LogP contribution >= 0.6 is 0 Å². The van der Waals surface area contributed by atoms with Crippen LogP contribution in [0.4, 0.5) is 18.9 Å². The Morgan fingerprint density at radius 3 is 2.14 bits per heavy atom. The van der Waals surface area contributed by atoms with Gasteiger partial charge in [0.25, 0.3) is 5.91 Å². The summed E-state index contributed by atoms with van der Waals surface area (Å²) in [6, 6.07) is 8.53. The topological polar surface area (TPSA) is 29.1 Å². The molecule has 0 radical (unpaired) electrons. The van der Waals surface area contributed by atoms with Crippen molar-refractivity contribution in [2.24, 2.45) is 0 Å². The highest BCUT2D eigenvalue weighted by molar-refractivity contribution is 6.04. The maximum atomic E-state index is 13.5. The van der Waals surface area contributed by atoms with Crippen molar-refractivity contribution in [2.75, 3.05) is 5.32 Å². The molecule has 0 atom stereocenters. The van der Waals surface area contributed by atoms with E-state index in [0.717, 1.165) is 17.7 Å². The summed E-state index contributed by atoms with van der Waals surface area (Å²) >= 11 is 0. The lowest BCUT2D eigenvalue weighted by Crippen LogP contribution is -2.14. The molecule has 21 heavy (non-hydrogen) atoms. The van der Waals surface area contributed by atoms with Gasteiger partial charge in [-0.1, -0.05) is 26.0 Å². The number of anilines is 1. The smallest absolute Gasteiger partial charge is 0.255 e. The molecular weight excluding hydrogens is 279 g/mol. The van der Waals surface area contributed by atoms with Gasteiger partial charge < -0.3 is 5.32 Å². The second kappa shape index (κ2) is 5.99. The van der Waals surface area contributed by atoms with Crippen LogP contribution in [0.2, 0.25) is 0 Å². The Morgan fingerprint density at radius 1 is 0.952 bits per heavy atom. The highest BCUT2D eigenvalue weighted by Crippen LogP contribution is 2.21. The van der Waals surface area contributed by atoms with E-state index in [0.29, 0.717) is 11.5 Å². The molecule has 0 aromatic heterocycles. The van der Waals surface area contributed by atoms with Gasteiger partial charge in [-0.3, -0.25) is 4.79 Å². The van der Waals surface area contributed by atoms with Crippen molar-refractivity contribution in [3.63, 3.8) is 0 Å². The van der Waals surface area contributed by atoms with Crippen LogP contribution in [-0.2, 0) is 0 Å². The van der Waals surface area contributed by atoms with Gasteiger partial charge in [-0.2, -0.15) is 0 Å². The van der Waals surface area contributed by atoms with E-state index in [1.165, 1.54) is 0 Å². The Bertz CT molecular complexity index is 666. The zero-order valence-corrected chi connectivity index (χ0v) is 11.6. The summed E-state index contributed by atoms with van der Waals surface area (Å²) in [7, 11) is 0. The molecule has 0 unspecified atom stereocenters. The van der Waals surface area contributed by atoms with Gasteiger partial charge in [0, 0.05) is 5.56 Å². The molecule has 1 N–H and O–H groups in total. The van der Waals surface area contributed by atoms with Gasteiger partial charge in [0.15, 0.2) is 17.5 Å². The van der Waals surface area contributed by atoms with Crippen LogP contribution in [0.3, 0.4) is 0 Å². The summed E-state index contributed by atoms with van der Waals surface area (Å²) in [4.78, 5) is 11.9. The molecule has 110 valence electrons. The summed E-state index contributed by atoms with van der Waals surface area (Å²) in [5.74, 6) is -4.59. The van der Waals surface area contributed by atoms with Crippen LogP contribution in [0.1, 0.15) is 35.7 Å². The molecule has 0 aliphatic carbocycles. The van der Waals surface area contributed by atoms with E-state index < -0.39 is 29.0 Å². The zero-order chi connectivity index (χ0) is 15.6. The first-order valence-corrected chi connectivity index (χ1v) is 6.45. The Balaban J connectivity index is 2.20. The van der Waals surface area contributed by atoms with E-state index in [-0.39, 0.29) is 0 Å². The number of nitrogens with one attached hydrogen (secondary N) is 1. The third-order valence-corrected chi connectivity index (χ3v) is 3.12. The summed E-state index contributed by atoms with van der Waals surface area (Å²) < 4.78 is 39.4. The minimum atomic E-state index is -1.61. The highest BCUT2D eigenvalue weighted by atomic mass is 19.2. The maximum Gasteiger partial charge on any atom is 0.255 e. The van der Waals surface area contributed by atoms with Crippen molar-refractivity contribution >= 4 is 11.6 Å². The summed E-state index contributed by atoms with van der Waals surface area (Å²) in [6.07, 6.45) is 0. The average Bonchev–Trinajstić information content (AvgIpc) is 2.48. The molecule has 5 heteroatoms. The molecule has 0 bridgehead atoms. The van der Waals surface area contributed by atoms with E-state index in [1.54, 1.807) is 24.3 Å². The Kier molecular flexibility index (Phi) is 4.31. The minimum Gasteiger partial charge on any atom is -0.319 e. The Labute approximate surface area is 120 Å². The van der Waals surface area contributed by atoms with Gasteiger partial charge in [0.2, 0.25) is 0 Å². The second-order valence-corrected chi connectivity index (χ2v) is 4.95. The van der Waals surface area contributed by atoms with E-state index >= 15 is 0 Å². The van der Waals surface area contributed by atoms with Crippen molar-refractivity contribution < 1.29 is 18.0 Å². The third kappa shape index (κ3) is 3.24. The largest absolute Gasteiger partial charge is 0.319 e. The first-order chi connectivity index (χ1) is 9.90. The van der Waals surface area contributed by atoms with E-state index in [1.807, 2.05) is 13.8 Å². The molecule has 2 nitrogen and oxygen atoms in total. The summed E-state index contributed by atoms with van der Waals surface area (Å²) in [6.45, 7) is 4.04. The average molecular weight is 293 g/mol. The number of halogens is 3. The number of rotatable bonds is 3. The van der Waals surface area contributed by atoms with Crippen molar-refractivity contribution in [2.45, 2.75) is 19.8 Å². The van der Waals surface area contributed by atoms with Gasteiger partial charge in [-0.25, -0.2) is 13.2 Å². The normalized spacial score (nSPS) is 10.8. The quantitative estimate of drug-likeness (QED) is 0.831. The molecule has 2 rings (SSSR count). The van der Waals surface area contributed by atoms with Crippen LogP contribution in [0.15, 0.2) is 36.4 Å². The minimum absolute atomic E-state index is 0.309. The fourth-order valence-electron chi connectivity index (χ4n) is 1.84. The number of carbonyl (C=O) groups is 1. The van der Waals surface area contributed by atoms with E-state index in [9.17, 15) is 18.0 Å². The van der Waals surface area contributed by atoms with Crippen LogP contribution in [0.5, 0.6) is 0 Å². The van der Waals surface area contributed by atoms with Gasteiger partial charge in [0.1, 0.15) is 0 Å². The van der Waals surface area contributed by atoms with Gasteiger partial charge >= 0.3 is 0 Å². The van der Waals surface area contributed by atoms with Crippen LogP contribution in [0, 0.1) is 17.5 Å². The Hall–Kier alpha value is -2.30. The molecule has 0 heterocycles. The van der Waals surface area contributed by atoms with Crippen LogP contribution in [0.25, 0.3) is 0 Å². The first-order valence-electron chi connectivity index (χ1n) is 6.45. The van der Waals surface area contributed by atoms with Crippen molar-refractivity contribution in [3.05, 3.63) is 65.0 Å². The van der Waals surface area contributed by atoms with Crippen molar-refractivity contribution in [1.82, 2.24) is 0 Å². The highest BCUT2D eigenvalue weighted by Gasteiger charge is 2.16. The maximum absolute atomic E-state index is 13.5. The van der Waals surface area contributed by atoms with Crippen LogP contribution < -0.4 is 5.32 Å². The summed E-state index contributed by atoms with van der Waals surface area (Å²) in [5, 5.41) is 2.22. The number of amides is 1. The standard InChI is InChI=1S/C16H14F3NO/c1-9(2)10-3-5-11(6-4-10)16(21)20-13-8-7-12(17)14(18)15(13)19/h3-9H,1-2H3,(H,20,21). The molecule has 2 aromatic rings. The van der Waals surface area contributed by atoms with Crippen molar-refractivity contribution in [1.29, 1.82) is 0 Å².